The first kappa shape index (κ1) is 21.4. The summed E-state index contributed by atoms with van der Waals surface area (Å²) in [6, 6.07) is 24.1. The Hall–Kier alpha value is -4.43. The van der Waals surface area contributed by atoms with Gasteiger partial charge in [-0.1, -0.05) is 60.7 Å². The van der Waals surface area contributed by atoms with Gasteiger partial charge < -0.3 is 10.5 Å². The number of rotatable bonds is 5. The van der Waals surface area contributed by atoms with Gasteiger partial charge >= 0.3 is 0 Å². The van der Waals surface area contributed by atoms with Crippen LogP contribution in [-0.2, 0) is 10.0 Å². The van der Waals surface area contributed by atoms with Gasteiger partial charge in [0.05, 0.1) is 21.8 Å². The Morgan fingerprint density at radius 2 is 1.26 bits per heavy atom. The molecule has 1 aliphatic rings. The molecule has 0 saturated carbocycles. The van der Waals surface area contributed by atoms with Gasteiger partial charge in [0, 0.05) is 16.7 Å². The van der Waals surface area contributed by atoms with Crippen molar-refractivity contribution in [3.8, 4) is 11.5 Å². The molecule has 0 spiro atoms. The number of benzene rings is 4. The van der Waals surface area contributed by atoms with E-state index in [-0.39, 0.29) is 44.3 Å². The molecule has 0 saturated heterocycles. The van der Waals surface area contributed by atoms with Crippen LogP contribution in [0.1, 0.15) is 31.8 Å². The molecule has 7 nitrogen and oxygen atoms in total. The molecule has 5 rings (SSSR count). The predicted molar refractivity (Wildman–Crippen MR) is 128 cm³/mol. The molecule has 0 fully saturated rings. The third kappa shape index (κ3) is 3.60. The molecule has 4 aromatic rings. The number of nitrogen functional groups attached to an aromatic ring is 1. The lowest BCUT2D eigenvalue weighted by Crippen LogP contribution is -2.24. The molecule has 1 aliphatic carbocycles. The smallest absolute Gasteiger partial charge is 0.262 e. The van der Waals surface area contributed by atoms with E-state index in [2.05, 4.69) is 4.72 Å². The molecular weight excluding hydrogens is 452 g/mol. The van der Waals surface area contributed by atoms with Crippen molar-refractivity contribution in [3.05, 3.63) is 113 Å². The minimum atomic E-state index is -4.04. The molecule has 8 heteroatoms. The van der Waals surface area contributed by atoms with Crippen LogP contribution in [0.25, 0.3) is 0 Å². The van der Waals surface area contributed by atoms with E-state index in [1.54, 1.807) is 72.8 Å². The lowest BCUT2D eigenvalue weighted by molar-refractivity contribution is 0.0979. The molecule has 0 amide bonds. The lowest BCUT2D eigenvalue weighted by Gasteiger charge is -2.23. The summed E-state index contributed by atoms with van der Waals surface area (Å²) in [5, 5.41) is 0. The number of hydrogen-bond acceptors (Lipinski definition) is 6. The number of sulfonamides is 1. The first-order chi connectivity index (χ1) is 16.4. The van der Waals surface area contributed by atoms with Crippen molar-refractivity contribution >= 4 is 33.0 Å². The number of hydrogen-bond donors (Lipinski definition) is 2. The van der Waals surface area contributed by atoms with Crippen molar-refractivity contribution in [2.75, 3.05) is 10.5 Å². The Morgan fingerprint density at radius 1 is 0.706 bits per heavy atom. The monoisotopic (exact) mass is 470 g/mol. The molecule has 0 heterocycles. The highest BCUT2D eigenvalue weighted by Gasteiger charge is 2.34. The maximum atomic E-state index is 13.3. The highest BCUT2D eigenvalue weighted by atomic mass is 32.2. The SMILES string of the molecule is Nc1c(Oc2ccccc2)c(NS(=O)(=O)c2ccccc2)cc2c1C(=O)c1ccccc1C2=O. The van der Waals surface area contributed by atoms with Gasteiger partial charge in [-0.3, -0.25) is 14.3 Å². The van der Waals surface area contributed by atoms with Crippen LogP contribution in [0.2, 0.25) is 0 Å². The van der Waals surface area contributed by atoms with Crippen LogP contribution in [0.3, 0.4) is 0 Å². The van der Waals surface area contributed by atoms with Crippen molar-refractivity contribution in [1.82, 2.24) is 0 Å². The first-order valence-corrected chi connectivity index (χ1v) is 11.8. The maximum Gasteiger partial charge on any atom is 0.262 e. The van der Waals surface area contributed by atoms with Crippen LogP contribution >= 0.6 is 0 Å². The average Bonchev–Trinajstić information content (AvgIpc) is 2.85. The number of nitrogens with one attached hydrogen (secondary N) is 1. The molecule has 0 aliphatic heterocycles. The van der Waals surface area contributed by atoms with Crippen molar-refractivity contribution in [3.63, 3.8) is 0 Å². The van der Waals surface area contributed by atoms with Crippen LogP contribution in [0, 0.1) is 0 Å². The fourth-order valence-corrected chi connectivity index (χ4v) is 4.94. The fraction of sp³-hybridized carbons (Fsp3) is 0. The van der Waals surface area contributed by atoms with Gasteiger partial charge in [0.25, 0.3) is 10.0 Å². The van der Waals surface area contributed by atoms with Gasteiger partial charge in [0.1, 0.15) is 5.75 Å². The minimum absolute atomic E-state index is 0.00683. The second kappa shape index (κ2) is 8.17. The van der Waals surface area contributed by atoms with E-state index < -0.39 is 21.6 Å². The summed E-state index contributed by atoms with van der Waals surface area (Å²) in [7, 11) is -4.04. The Kier molecular flexibility index (Phi) is 5.14. The molecule has 0 bridgehead atoms. The standard InChI is InChI=1S/C26H18N2O5S/c27-23-22-20(24(29)18-13-7-8-14-19(18)25(22)30)15-21(26(23)33-16-9-3-1-4-10-16)28-34(31,32)17-11-5-2-6-12-17/h1-15,28H,27H2. The quantitative estimate of drug-likeness (QED) is 0.362. The Balaban J connectivity index is 1.71. The number of carbonyl (C=O) groups excluding carboxylic acids is 2. The fourth-order valence-electron chi connectivity index (χ4n) is 3.86. The van der Waals surface area contributed by atoms with E-state index in [1.807, 2.05) is 0 Å². The molecule has 0 atom stereocenters. The summed E-state index contributed by atoms with van der Waals surface area (Å²) in [6.45, 7) is 0. The molecular formula is C26H18N2O5S. The summed E-state index contributed by atoms with van der Waals surface area (Å²) in [6.07, 6.45) is 0. The number of fused-ring (bicyclic) bond motifs is 2. The molecule has 0 aromatic heterocycles. The summed E-state index contributed by atoms with van der Waals surface area (Å²) >= 11 is 0. The van der Waals surface area contributed by atoms with E-state index in [1.165, 1.54) is 18.2 Å². The van der Waals surface area contributed by atoms with Crippen LogP contribution in [0.5, 0.6) is 11.5 Å². The number of anilines is 2. The number of para-hydroxylation sites is 1. The van der Waals surface area contributed by atoms with Crippen molar-refractivity contribution < 1.29 is 22.7 Å². The van der Waals surface area contributed by atoms with Gasteiger partial charge in [-0.25, -0.2) is 8.42 Å². The zero-order valence-electron chi connectivity index (χ0n) is 17.7. The minimum Gasteiger partial charge on any atom is -0.453 e. The lowest BCUT2D eigenvalue weighted by atomic mass is 9.83. The highest BCUT2D eigenvalue weighted by Crippen LogP contribution is 2.43. The maximum absolute atomic E-state index is 13.3. The predicted octanol–water partition coefficient (Wildman–Crippen LogP) is 4.64. The number of ether oxygens (including phenoxy) is 1. The van der Waals surface area contributed by atoms with Gasteiger partial charge in [-0.15, -0.1) is 0 Å². The zero-order valence-corrected chi connectivity index (χ0v) is 18.5. The number of carbonyl (C=O) groups is 2. The Bertz CT molecular complexity index is 1550. The van der Waals surface area contributed by atoms with E-state index in [0.29, 0.717) is 5.75 Å². The van der Waals surface area contributed by atoms with Gasteiger partial charge in [0.2, 0.25) is 0 Å². The largest absolute Gasteiger partial charge is 0.453 e. The summed E-state index contributed by atoms with van der Waals surface area (Å²) in [4.78, 5) is 26.5. The molecule has 0 unspecified atom stereocenters. The molecule has 168 valence electrons. The van der Waals surface area contributed by atoms with Crippen molar-refractivity contribution in [2.24, 2.45) is 0 Å². The molecule has 0 radical (unpaired) electrons. The van der Waals surface area contributed by atoms with Gasteiger partial charge in [0.15, 0.2) is 17.3 Å². The summed E-state index contributed by atoms with van der Waals surface area (Å²) in [5.74, 6) is -0.546. The van der Waals surface area contributed by atoms with E-state index >= 15 is 0 Å². The van der Waals surface area contributed by atoms with Crippen molar-refractivity contribution in [1.29, 1.82) is 0 Å². The Labute approximate surface area is 195 Å². The molecule has 4 aromatic carbocycles. The normalized spacial score (nSPS) is 12.6. The summed E-state index contributed by atoms with van der Waals surface area (Å²) < 4.78 is 34.6. The average molecular weight is 471 g/mol. The van der Waals surface area contributed by atoms with Crippen LogP contribution in [0.15, 0.2) is 95.9 Å². The van der Waals surface area contributed by atoms with E-state index in [4.69, 9.17) is 10.5 Å². The van der Waals surface area contributed by atoms with E-state index in [0.717, 1.165) is 0 Å². The van der Waals surface area contributed by atoms with Crippen LogP contribution in [0.4, 0.5) is 11.4 Å². The molecule has 34 heavy (non-hydrogen) atoms. The van der Waals surface area contributed by atoms with Crippen LogP contribution in [-0.4, -0.2) is 20.0 Å². The second-order valence-electron chi connectivity index (χ2n) is 7.63. The van der Waals surface area contributed by atoms with Gasteiger partial charge in [-0.2, -0.15) is 0 Å². The Morgan fingerprint density at radius 3 is 1.91 bits per heavy atom. The second-order valence-corrected chi connectivity index (χ2v) is 9.31. The number of ketones is 2. The van der Waals surface area contributed by atoms with Crippen LogP contribution < -0.4 is 15.2 Å². The topological polar surface area (TPSA) is 116 Å². The van der Waals surface area contributed by atoms with Crippen molar-refractivity contribution in [2.45, 2.75) is 4.90 Å². The summed E-state index contributed by atoms with van der Waals surface area (Å²) in [5.41, 5.74) is 6.66. The third-order valence-corrected chi connectivity index (χ3v) is 6.85. The van der Waals surface area contributed by atoms with Gasteiger partial charge in [-0.05, 0) is 30.3 Å². The highest BCUT2D eigenvalue weighted by molar-refractivity contribution is 7.92. The number of nitrogens with two attached hydrogens (primary N) is 1. The molecule has 3 N–H and O–H groups in total. The zero-order chi connectivity index (χ0) is 23.9. The van der Waals surface area contributed by atoms with E-state index in [9.17, 15) is 18.0 Å². The third-order valence-electron chi connectivity index (χ3n) is 5.47. The first-order valence-electron chi connectivity index (χ1n) is 10.3.